The van der Waals surface area contributed by atoms with E-state index in [4.69, 9.17) is 9.66 Å². The van der Waals surface area contributed by atoms with Gasteiger partial charge in [-0.1, -0.05) is 12.1 Å². The minimum atomic E-state index is -2.09. The molecule has 1 atom stereocenters. The Morgan fingerprint density at radius 1 is 1.25 bits per heavy atom. The highest BCUT2D eigenvalue weighted by Crippen LogP contribution is 2.16. The number of hydrogen-bond acceptors (Lipinski definition) is 3. The summed E-state index contributed by atoms with van der Waals surface area (Å²) < 4.78 is 19.7. The first-order chi connectivity index (χ1) is 7.58. The summed E-state index contributed by atoms with van der Waals surface area (Å²) in [6, 6.07) is 7.52. The molecule has 0 amide bonds. The molecule has 1 aromatic heterocycles. The van der Waals surface area contributed by atoms with E-state index >= 15 is 0 Å². The summed E-state index contributed by atoms with van der Waals surface area (Å²) in [5.41, 5.74) is 0.299. The molecule has 0 bridgehead atoms. The number of nitrogens with zero attached hydrogens (tertiary/aromatic N) is 1. The van der Waals surface area contributed by atoms with E-state index in [-0.39, 0.29) is 10.6 Å². The smallest absolute Gasteiger partial charge is 0.354 e. The van der Waals surface area contributed by atoms with E-state index in [1.165, 1.54) is 18.2 Å². The lowest BCUT2D eigenvalue weighted by Gasteiger charge is -2.00. The lowest BCUT2D eigenvalue weighted by molar-refractivity contribution is 0.0691. The maximum atomic E-state index is 10.8. The van der Waals surface area contributed by atoms with Gasteiger partial charge in [-0.2, -0.15) is 0 Å². The van der Waals surface area contributed by atoms with Crippen molar-refractivity contribution in [2.75, 3.05) is 0 Å². The molecule has 2 aromatic rings. The third-order valence-corrected chi connectivity index (χ3v) is 2.74. The van der Waals surface area contributed by atoms with Crippen molar-refractivity contribution < 1.29 is 18.7 Å². The van der Waals surface area contributed by atoms with Gasteiger partial charge >= 0.3 is 5.97 Å². The molecule has 6 heteroatoms. The summed E-state index contributed by atoms with van der Waals surface area (Å²) in [4.78, 5) is 14.8. The van der Waals surface area contributed by atoms with E-state index in [1.807, 2.05) is 0 Å². The minimum absolute atomic E-state index is 0.0895. The topological polar surface area (TPSA) is 87.5 Å². The van der Waals surface area contributed by atoms with Gasteiger partial charge in [0.25, 0.3) is 0 Å². The van der Waals surface area contributed by atoms with Crippen molar-refractivity contribution in [2.24, 2.45) is 0 Å². The van der Waals surface area contributed by atoms with Crippen LogP contribution >= 0.6 is 0 Å². The van der Waals surface area contributed by atoms with E-state index < -0.39 is 17.0 Å². The third kappa shape index (κ3) is 1.93. The molecule has 0 radical (unpaired) electrons. The van der Waals surface area contributed by atoms with Crippen LogP contribution in [0.1, 0.15) is 10.5 Å². The lowest BCUT2D eigenvalue weighted by Crippen LogP contribution is -2.00. The Morgan fingerprint density at radius 3 is 2.56 bits per heavy atom. The highest BCUT2D eigenvalue weighted by molar-refractivity contribution is 7.79. The number of carbonyl (C=O) groups is 1. The summed E-state index contributed by atoms with van der Waals surface area (Å²) in [5.74, 6) is -1.13. The molecule has 82 valence electrons. The lowest BCUT2D eigenvalue weighted by atomic mass is 10.2. The molecule has 0 spiro atoms. The van der Waals surface area contributed by atoms with Crippen LogP contribution in [0, 0.1) is 0 Å². The van der Waals surface area contributed by atoms with E-state index in [0.29, 0.717) is 5.52 Å². The normalized spacial score (nSPS) is 12.6. The van der Waals surface area contributed by atoms with Crippen LogP contribution in [0.2, 0.25) is 0 Å². The van der Waals surface area contributed by atoms with Gasteiger partial charge in [0.1, 0.15) is 5.69 Å². The van der Waals surface area contributed by atoms with E-state index in [2.05, 4.69) is 4.98 Å². The van der Waals surface area contributed by atoms with E-state index in [1.54, 1.807) is 12.1 Å². The zero-order chi connectivity index (χ0) is 11.7. The number of aromatic nitrogens is 1. The number of benzene rings is 1. The van der Waals surface area contributed by atoms with E-state index in [9.17, 15) is 9.00 Å². The Kier molecular flexibility index (Phi) is 2.67. The second kappa shape index (κ2) is 3.99. The average molecular weight is 237 g/mol. The standard InChI is InChI=1S/C10H7NO4S/c12-10(13)8-4-2-6-1-3-7(16(14)15)5-9(6)11-8/h1-5H,(H,12,13)(H,14,15). The van der Waals surface area contributed by atoms with Crippen LogP contribution in [0.25, 0.3) is 10.9 Å². The molecule has 2 rings (SSSR count). The fourth-order valence-corrected chi connectivity index (χ4v) is 1.72. The minimum Gasteiger partial charge on any atom is -0.477 e. The Labute approximate surface area is 93.0 Å². The first-order valence-corrected chi connectivity index (χ1v) is 5.43. The first-order valence-electron chi connectivity index (χ1n) is 4.33. The second-order valence-electron chi connectivity index (χ2n) is 3.11. The van der Waals surface area contributed by atoms with Gasteiger partial charge in [0, 0.05) is 5.39 Å². The van der Waals surface area contributed by atoms with Crippen molar-refractivity contribution in [2.45, 2.75) is 4.90 Å². The summed E-state index contributed by atoms with van der Waals surface area (Å²) in [7, 11) is 0. The number of aromatic carboxylic acids is 1. The van der Waals surface area contributed by atoms with Crippen LogP contribution in [0.4, 0.5) is 0 Å². The largest absolute Gasteiger partial charge is 0.477 e. The summed E-state index contributed by atoms with van der Waals surface area (Å²) in [6.45, 7) is 0. The van der Waals surface area contributed by atoms with Gasteiger partial charge in [-0.25, -0.2) is 14.0 Å². The van der Waals surface area contributed by atoms with Crippen molar-refractivity contribution in [3.05, 3.63) is 36.0 Å². The molecule has 5 nitrogen and oxygen atoms in total. The maximum absolute atomic E-state index is 10.8. The van der Waals surface area contributed by atoms with Crippen molar-refractivity contribution >= 4 is 28.0 Å². The van der Waals surface area contributed by atoms with Crippen LogP contribution in [0.15, 0.2) is 35.2 Å². The molecular formula is C10H7NO4S. The van der Waals surface area contributed by atoms with Crippen LogP contribution < -0.4 is 0 Å². The monoisotopic (exact) mass is 237 g/mol. The molecule has 0 saturated heterocycles. The summed E-state index contributed by atoms with van der Waals surface area (Å²) in [6.07, 6.45) is 0. The third-order valence-electron chi connectivity index (χ3n) is 2.08. The zero-order valence-electron chi connectivity index (χ0n) is 7.95. The molecule has 0 fully saturated rings. The van der Waals surface area contributed by atoms with Crippen LogP contribution in [0.3, 0.4) is 0 Å². The quantitative estimate of drug-likeness (QED) is 0.773. The molecule has 0 aliphatic carbocycles. The highest BCUT2D eigenvalue weighted by Gasteiger charge is 2.07. The van der Waals surface area contributed by atoms with Gasteiger partial charge in [-0.3, -0.25) is 0 Å². The zero-order valence-corrected chi connectivity index (χ0v) is 8.77. The number of carboxylic acids is 1. The highest BCUT2D eigenvalue weighted by atomic mass is 32.2. The molecular weight excluding hydrogens is 230 g/mol. The van der Waals surface area contributed by atoms with Crippen LogP contribution in [0.5, 0.6) is 0 Å². The molecule has 16 heavy (non-hydrogen) atoms. The van der Waals surface area contributed by atoms with Gasteiger partial charge in [-0.15, -0.1) is 0 Å². The average Bonchev–Trinajstić information content (AvgIpc) is 2.27. The summed E-state index contributed by atoms with van der Waals surface area (Å²) >= 11 is -2.09. The van der Waals surface area contributed by atoms with Crippen molar-refractivity contribution in [1.82, 2.24) is 4.98 Å². The Balaban J connectivity index is 2.65. The van der Waals surface area contributed by atoms with Gasteiger partial charge < -0.3 is 9.66 Å². The Bertz CT molecular complexity index is 548. The second-order valence-corrected chi connectivity index (χ2v) is 4.08. The SMILES string of the molecule is O=C(O)c1ccc2ccc(S(=O)O)cc2n1. The molecule has 1 aromatic carbocycles. The molecule has 2 N–H and O–H groups in total. The Hall–Kier alpha value is -1.79. The molecule has 1 heterocycles. The van der Waals surface area contributed by atoms with Gasteiger partial charge in [-0.05, 0) is 18.2 Å². The number of hydrogen-bond donors (Lipinski definition) is 2. The number of fused-ring (bicyclic) bond motifs is 1. The molecule has 0 saturated carbocycles. The van der Waals surface area contributed by atoms with Gasteiger partial charge in [0.15, 0.2) is 11.1 Å². The molecule has 0 aliphatic heterocycles. The van der Waals surface area contributed by atoms with Crippen molar-refractivity contribution in [1.29, 1.82) is 0 Å². The number of rotatable bonds is 2. The Morgan fingerprint density at radius 2 is 1.94 bits per heavy atom. The fourth-order valence-electron chi connectivity index (χ4n) is 1.32. The van der Waals surface area contributed by atoms with E-state index in [0.717, 1.165) is 5.39 Å². The van der Waals surface area contributed by atoms with Gasteiger partial charge in [0.2, 0.25) is 0 Å². The predicted octanol–water partition coefficient (Wildman–Crippen LogP) is 1.51. The number of carboxylic acid groups (broad SMARTS) is 1. The first kappa shape index (κ1) is 10.7. The predicted molar refractivity (Wildman–Crippen MR) is 57.7 cm³/mol. The molecule has 1 unspecified atom stereocenters. The fraction of sp³-hybridized carbons (Fsp3) is 0. The molecule has 0 aliphatic rings. The van der Waals surface area contributed by atoms with Crippen molar-refractivity contribution in [3.63, 3.8) is 0 Å². The maximum Gasteiger partial charge on any atom is 0.354 e. The van der Waals surface area contributed by atoms with Crippen LogP contribution in [-0.4, -0.2) is 24.8 Å². The van der Waals surface area contributed by atoms with Crippen molar-refractivity contribution in [3.8, 4) is 0 Å². The van der Waals surface area contributed by atoms with Crippen LogP contribution in [-0.2, 0) is 11.1 Å². The number of pyridine rings is 1. The summed E-state index contributed by atoms with van der Waals surface area (Å²) in [5, 5.41) is 9.47. The van der Waals surface area contributed by atoms with Gasteiger partial charge in [0.05, 0.1) is 10.4 Å².